The molecule has 31 heavy (non-hydrogen) atoms. The lowest BCUT2D eigenvalue weighted by atomic mass is 10.2. The van der Waals surface area contributed by atoms with Crippen LogP contribution in [-0.4, -0.2) is 56.8 Å². The summed E-state index contributed by atoms with van der Waals surface area (Å²) in [5.74, 6) is 1.96. The van der Waals surface area contributed by atoms with Crippen LogP contribution in [0.5, 0.6) is 0 Å². The van der Waals surface area contributed by atoms with Gasteiger partial charge in [0, 0.05) is 50.7 Å². The monoisotopic (exact) mass is 436 g/mol. The Morgan fingerprint density at radius 3 is 2.74 bits per heavy atom. The molecule has 7 heteroatoms. The molecule has 0 saturated carbocycles. The van der Waals surface area contributed by atoms with Crippen LogP contribution >= 0.6 is 11.6 Å². The van der Waals surface area contributed by atoms with E-state index in [0.717, 1.165) is 47.9 Å². The van der Waals surface area contributed by atoms with Crippen LogP contribution in [0, 0.1) is 0 Å². The number of rotatable bonds is 5. The van der Waals surface area contributed by atoms with Crippen LogP contribution in [0.3, 0.4) is 0 Å². The summed E-state index contributed by atoms with van der Waals surface area (Å²) in [6.07, 6.45) is 8.83. The highest BCUT2D eigenvalue weighted by molar-refractivity contribution is 6.35. The fraction of sp³-hybridized carbons (Fsp3) is 0.417. The van der Waals surface area contributed by atoms with Gasteiger partial charge in [-0.2, -0.15) is 0 Å². The fourth-order valence-electron chi connectivity index (χ4n) is 4.79. The van der Waals surface area contributed by atoms with E-state index in [4.69, 9.17) is 21.6 Å². The topological polar surface area (TPSA) is 40.4 Å². The van der Waals surface area contributed by atoms with Crippen LogP contribution in [0.4, 0.5) is 5.82 Å². The zero-order chi connectivity index (χ0) is 21.5. The van der Waals surface area contributed by atoms with E-state index in [9.17, 15) is 0 Å². The Hall–Kier alpha value is -2.57. The molecule has 0 radical (unpaired) electrons. The number of nitrogens with zero attached hydrogens (tertiary/aromatic N) is 6. The summed E-state index contributed by atoms with van der Waals surface area (Å²) in [6.45, 7) is 7.26. The molecule has 5 rings (SSSR count). The molecule has 6 nitrogen and oxygen atoms in total. The fourth-order valence-corrected chi connectivity index (χ4v) is 5.01. The van der Waals surface area contributed by atoms with Crippen molar-refractivity contribution < 1.29 is 0 Å². The van der Waals surface area contributed by atoms with Gasteiger partial charge in [0.15, 0.2) is 0 Å². The Bertz CT molecular complexity index is 1110. The minimum atomic E-state index is 0.257. The summed E-state index contributed by atoms with van der Waals surface area (Å²) in [4.78, 5) is 12.1. The second-order valence-electron chi connectivity index (χ2n) is 8.48. The molecule has 2 unspecified atom stereocenters. The minimum Gasteiger partial charge on any atom is -0.354 e. The van der Waals surface area contributed by atoms with E-state index in [1.165, 1.54) is 12.8 Å². The van der Waals surface area contributed by atoms with Gasteiger partial charge in [0.1, 0.15) is 17.2 Å². The predicted molar refractivity (Wildman–Crippen MR) is 127 cm³/mol. The van der Waals surface area contributed by atoms with Crippen molar-refractivity contribution in [1.82, 2.24) is 24.6 Å². The first kappa shape index (κ1) is 20.3. The Labute approximate surface area is 188 Å². The quantitative estimate of drug-likeness (QED) is 0.574. The normalized spacial score (nSPS) is 21.7. The predicted octanol–water partition coefficient (Wildman–Crippen LogP) is 4.81. The third kappa shape index (κ3) is 3.58. The molecule has 1 saturated heterocycles. The lowest BCUT2D eigenvalue weighted by Crippen LogP contribution is -2.39. The Kier molecular flexibility index (Phi) is 5.36. The van der Waals surface area contributed by atoms with Gasteiger partial charge in [-0.15, -0.1) is 0 Å². The molecule has 2 aliphatic rings. The molecule has 2 aliphatic heterocycles. The van der Waals surface area contributed by atoms with Gasteiger partial charge in [0.2, 0.25) is 0 Å². The van der Waals surface area contributed by atoms with E-state index in [2.05, 4.69) is 70.9 Å². The molecular formula is C24H29ClN6. The van der Waals surface area contributed by atoms with Crippen molar-refractivity contribution in [3.63, 3.8) is 0 Å². The molecule has 0 spiro atoms. The molecule has 1 aromatic carbocycles. The van der Waals surface area contributed by atoms with E-state index in [0.29, 0.717) is 11.1 Å². The average molecular weight is 437 g/mol. The summed E-state index contributed by atoms with van der Waals surface area (Å²) in [7, 11) is 2.13. The molecule has 0 N–H and O–H groups in total. The summed E-state index contributed by atoms with van der Waals surface area (Å²) >= 11 is 6.52. The highest BCUT2D eigenvalue weighted by Crippen LogP contribution is 2.31. The maximum absolute atomic E-state index is 6.52. The molecule has 4 heterocycles. The first-order valence-corrected chi connectivity index (χ1v) is 11.5. The highest BCUT2D eigenvalue weighted by atomic mass is 35.5. The van der Waals surface area contributed by atoms with Gasteiger partial charge in [-0.3, -0.25) is 0 Å². The van der Waals surface area contributed by atoms with Crippen molar-refractivity contribution in [3.05, 3.63) is 53.8 Å². The molecule has 162 valence electrons. The largest absolute Gasteiger partial charge is 0.354 e. The van der Waals surface area contributed by atoms with Gasteiger partial charge < -0.3 is 14.5 Å². The number of para-hydroxylation sites is 1. The molecule has 3 aromatic rings. The third-order valence-corrected chi connectivity index (χ3v) is 6.95. The molecule has 1 fully saturated rings. The molecule has 0 bridgehead atoms. The van der Waals surface area contributed by atoms with E-state index < -0.39 is 0 Å². The maximum Gasteiger partial charge on any atom is 0.142 e. The van der Waals surface area contributed by atoms with Crippen LogP contribution in [0.2, 0.25) is 5.02 Å². The van der Waals surface area contributed by atoms with Crippen LogP contribution in [0.25, 0.3) is 22.4 Å². The summed E-state index contributed by atoms with van der Waals surface area (Å²) in [5.41, 5.74) is 2.91. The summed E-state index contributed by atoms with van der Waals surface area (Å²) in [6, 6.07) is 11.1. The van der Waals surface area contributed by atoms with Crippen molar-refractivity contribution in [3.8, 4) is 11.4 Å². The van der Waals surface area contributed by atoms with Crippen molar-refractivity contribution in [1.29, 1.82) is 0 Å². The summed E-state index contributed by atoms with van der Waals surface area (Å²) < 4.78 is 2.28. The zero-order valence-electron chi connectivity index (χ0n) is 18.4. The van der Waals surface area contributed by atoms with Gasteiger partial charge in [-0.05, 0) is 57.0 Å². The number of imidazole rings is 1. The Morgan fingerprint density at radius 1 is 1.19 bits per heavy atom. The number of fused-ring (bicyclic) bond motifs is 1. The Balaban J connectivity index is 1.53. The van der Waals surface area contributed by atoms with Crippen molar-refractivity contribution >= 4 is 28.5 Å². The number of hydrogen-bond donors (Lipinski definition) is 0. The van der Waals surface area contributed by atoms with E-state index in [1.54, 1.807) is 0 Å². The number of aromatic nitrogens is 3. The van der Waals surface area contributed by atoms with E-state index >= 15 is 0 Å². The van der Waals surface area contributed by atoms with Gasteiger partial charge in [0.25, 0.3) is 0 Å². The van der Waals surface area contributed by atoms with Crippen molar-refractivity contribution in [2.45, 2.75) is 45.3 Å². The molecule has 0 aliphatic carbocycles. The average Bonchev–Trinajstić information content (AvgIpc) is 3.47. The molecular weight excluding hydrogens is 408 g/mol. The maximum atomic E-state index is 6.52. The summed E-state index contributed by atoms with van der Waals surface area (Å²) in [5, 5.41) is 5.18. The third-order valence-electron chi connectivity index (χ3n) is 6.64. The lowest BCUT2D eigenvalue weighted by Gasteiger charge is -2.29. The van der Waals surface area contributed by atoms with Gasteiger partial charge in [-0.25, -0.2) is 15.0 Å². The zero-order valence-corrected chi connectivity index (χ0v) is 19.1. The first-order chi connectivity index (χ1) is 15.1. The standard InChI is InChI=1S/C24H29ClN6/c1-4-29-14-12-19(28(29)3)16-31-21-9-5-8-20(25)23(21)27-24(31)18-10-11-22(26-15-18)30-13-6-7-17(30)2/h5,8-12,14-15,17,19H,4,6-7,13,16H2,1-3H3. The van der Waals surface area contributed by atoms with Gasteiger partial charge >= 0.3 is 0 Å². The molecule has 2 atom stereocenters. The number of halogens is 1. The number of hydrazine groups is 1. The van der Waals surface area contributed by atoms with Gasteiger partial charge in [0.05, 0.1) is 16.6 Å². The van der Waals surface area contributed by atoms with E-state index in [-0.39, 0.29) is 6.04 Å². The molecule has 2 aromatic heterocycles. The molecule has 0 amide bonds. The Morgan fingerprint density at radius 2 is 2.06 bits per heavy atom. The number of likely N-dealkylation sites (N-methyl/N-ethyl adjacent to an activating group) is 1. The number of benzene rings is 1. The van der Waals surface area contributed by atoms with Crippen molar-refractivity contribution in [2.75, 3.05) is 25.0 Å². The number of hydrogen-bond acceptors (Lipinski definition) is 5. The van der Waals surface area contributed by atoms with E-state index in [1.807, 2.05) is 18.3 Å². The minimum absolute atomic E-state index is 0.257. The number of anilines is 1. The van der Waals surface area contributed by atoms with Crippen LogP contribution in [-0.2, 0) is 6.54 Å². The SMILES string of the molecule is CCN1C=CC(Cn2c(-c3ccc(N4CCCC4C)nc3)nc3c(Cl)cccc32)N1C. The van der Waals surface area contributed by atoms with Crippen LogP contribution in [0.15, 0.2) is 48.8 Å². The number of pyridine rings is 1. The second-order valence-corrected chi connectivity index (χ2v) is 8.89. The highest BCUT2D eigenvalue weighted by Gasteiger charge is 2.25. The van der Waals surface area contributed by atoms with Crippen molar-refractivity contribution in [2.24, 2.45) is 0 Å². The second kappa shape index (κ2) is 8.17. The van der Waals surface area contributed by atoms with Gasteiger partial charge in [-0.1, -0.05) is 17.7 Å². The van der Waals surface area contributed by atoms with Crippen LogP contribution in [0.1, 0.15) is 26.7 Å². The first-order valence-electron chi connectivity index (χ1n) is 11.1. The smallest absolute Gasteiger partial charge is 0.142 e. The van der Waals surface area contributed by atoms with Crippen LogP contribution < -0.4 is 4.90 Å². The lowest BCUT2D eigenvalue weighted by molar-refractivity contribution is 0.0463.